The second-order valence-electron chi connectivity index (χ2n) is 5.63. The van der Waals surface area contributed by atoms with Crippen molar-refractivity contribution < 1.29 is 9.90 Å². The third kappa shape index (κ3) is 3.55. The summed E-state index contributed by atoms with van der Waals surface area (Å²) in [5.74, 6) is 0.198. The van der Waals surface area contributed by atoms with Crippen molar-refractivity contribution >= 4 is 16.7 Å². The molecule has 2 aromatic carbocycles. The lowest BCUT2D eigenvalue weighted by Gasteiger charge is -2.17. The van der Waals surface area contributed by atoms with Gasteiger partial charge in [-0.15, -0.1) is 0 Å². The lowest BCUT2D eigenvalue weighted by atomic mass is 10.1. The SMILES string of the molecule is CN(CC(=O)c1ccc(O)cc1)Cc1ccnc2ccccc12. The minimum Gasteiger partial charge on any atom is -0.508 e. The van der Waals surface area contributed by atoms with E-state index >= 15 is 0 Å². The van der Waals surface area contributed by atoms with E-state index in [0.717, 1.165) is 16.5 Å². The van der Waals surface area contributed by atoms with E-state index in [1.807, 2.05) is 42.3 Å². The van der Waals surface area contributed by atoms with Crippen LogP contribution in [0.3, 0.4) is 0 Å². The van der Waals surface area contributed by atoms with Crippen molar-refractivity contribution in [3.63, 3.8) is 0 Å². The van der Waals surface area contributed by atoms with Crippen molar-refractivity contribution in [1.82, 2.24) is 9.88 Å². The molecule has 0 aliphatic rings. The van der Waals surface area contributed by atoms with Crippen LogP contribution in [0.2, 0.25) is 0 Å². The van der Waals surface area contributed by atoms with Crippen LogP contribution >= 0.6 is 0 Å². The molecule has 4 nitrogen and oxygen atoms in total. The molecule has 0 unspecified atom stereocenters. The van der Waals surface area contributed by atoms with E-state index < -0.39 is 0 Å². The number of aromatic nitrogens is 1. The number of Topliss-reactive ketones (excluding diaryl/α,β-unsaturated/α-hetero) is 1. The molecule has 0 fully saturated rings. The zero-order valence-electron chi connectivity index (χ0n) is 12.9. The van der Waals surface area contributed by atoms with Crippen molar-refractivity contribution in [3.05, 3.63) is 71.9 Å². The predicted octanol–water partition coefficient (Wildman–Crippen LogP) is 3.26. The van der Waals surface area contributed by atoms with E-state index in [1.165, 1.54) is 12.1 Å². The standard InChI is InChI=1S/C19H18N2O2/c1-21(13-19(23)14-6-8-16(22)9-7-14)12-15-10-11-20-18-5-3-2-4-17(15)18/h2-11,22H,12-13H2,1H3. The third-order valence-corrected chi connectivity index (χ3v) is 3.78. The maximum absolute atomic E-state index is 12.3. The Balaban J connectivity index is 1.72. The Kier molecular flexibility index (Phi) is 4.35. The van der Waals surface area contributed by atoms with Crippen LogP contribution in [0.4, 0.5) is 0 Å². The smallest absolute Gasteiger partial charge is 0.176 e. The van der Waals surface area contributed by atoms with E-state index in [1.54, 1.807) is 18.3 Å². The van der Waals surface area contributed by atoms with Gasteiger partial charge in [0.25, 0.3) is 0 Å². The quantitative estimate of drug-likeness (QED) is 0.735. The molecule has 23 heavy (non-hydrogen) atoms. The van der Waals surface area contributed by atoms with E-state index in [9.17, 15) is 9.90 Å². The lowest BCUT2D eigenvalue weighted by Crippen LogP contribution is -2.25. The normalized spacial score (nSPS) is 11.0. The molecule has 0 amide bonds. The molecule has 0 saturated heterocycles. The Labute approximate surface area is 135 Å². The van der Waals surface area contributed by atoms with Crippen LogP contribution in [0, 0.1) is 0 Å². The highest BCUT2D eigenvalue weighted by molar-refractivity contribution is 5.97. The van der Waals surface area contributed by atoms with Gasteiger partial charge in [-0.1, -0.05) is 18.2 Å². The molecule has 0 spiro atoms. The van der Waals surface area contributed by atoms with Crippen molar-refractivity contribution in [2.75, 3.05) is 13.6 Å². The van der Waals surface area contributed by atoms with Gasteiger partial charge in [0.2, 0.25) is 0 Å². The second-order valence-corrected chi connectivity index (χ2v) is 5.63. The van der Waals surface area contributed by atoms with Gasteiger partial charge in [0, 0.05) is 23.7 Å². The summed E-state index contributed by atoms with van der Waals surface area (Å²) in [7, 11) is 1.92. The highest BCUT2D eigenvalue weighted by Gasteiger charge is 2.11. The molecule has 1 heterocycles. The number of carbonyl (C=O) groups excluding carboxylic acids is 1. The van der Waals surface area contributed by atoms with Crippen molar-refractivity contribution in [3.8, 4) is 5.75 Å². The number of hydrogen-bond donors (Lipinski definition) is 1. The van der Waals surface area contributed by atoms with E-state index in [0.29, 0.717) is 18.7 Å². The first-order valence-corrected chi connectivity index (χ1v) is 7.47. The molecule has 0 radical (unpaired) electrons. The lowest BCUT2D eigenvalue weighted by molar-refractivity contribution is 0.0943. The average molecular weight is 306 g/mol. The van der Waals surface area contributed by atoms with Gasteiger partial charge in [0.1, 0.15) is 5.75 Å². The summed E-state index contributed by atoms with van der Waals surface area (Å²) in [6.07, 6.45) is 1.80. The Bertz CT molecular complexity index is 823. The first-order valence-electron chi connectivity index (χ1n) is 7.47. The molecule has 0 atom stereocenters. The highest BCUT2D eigenvalue weighted by Crippen LogP contribution is 2.18. The number of benzene rings is 2. The van der Waals surface area contributed by atoms with Gasteiger partial charge in [-0.05, 0) is 49.0 Å². The maximum Gasteiger partial charge on any atom is 0.176 e. The molecular weight excluding hydrogens is 288 g/mol. The Hall–Kier alpha value is -2.72. The van der Waals surface area contributed by atoms with Crippen LogP contribution in [0.15, 0.2) is 60.8 Å². The topological polar surface area (TPSA) is 53.4 Å². The van der Waals surface area contributed by atoms with E-state index in [2.05, 4.69) is 4.98 Å². The van der Waals surface area contributed by atoms with Gasteiger partial charge in [0.05, 0.1) is 12.1 Å². The molecule has 4 heteroatoms. The fourth-order valence-electron chi connectivity index (χ4n) is 2.62. The molecule has 0 aliphatic heterocycles. The number of hydrogen-bond acceptors (Lipinski definition) is 4. The van der Waals surface area contributed by atoms with Gasteiger partial charge >= 0.3 is 0 Å². The van der Waals surface area contributed by atoms with Gasteiger partial charge < -0.3 is 5.11 Å². The van der Waals surface area contributed by atoms with E-state index in [4.69, 9.17) is 0 Å². The summed E-state index contributed by atoms with van der Waals surface area (Å²) in [5, 5.41) is 10.4. The summed E-state index contributed by atoms with van der Waals surface area (Å²) in [4.78, 5) is 18.6. The van der Waals surface area contributed by atoms with Crippen LogP contribution in [0.25, 0.3) is 10.9 Å². The first-order chi connectivity index (χ1) is 11.1. The van der Waals surface area contributed by atoms with Crippen molar-refractivity contribution in [2.24, 2.45) is 0 Å². The van der Waals surface area contributed by atoms with Crippen LogP contribution in [0.1, 0.15) is 15.9 Å². The minimum absolute atomic E-state index is 0.0332. The summed E-state index contributed by atoms with van der Waals surface area (Å²) in [6.45, 7) is 0.994. The first kappa shape index (κ1) is 15.2. The average Bonchev–Trinajstić information content (AvgIpc) is 2.55. The fraction of sp³-hybridized carbons (Fsp3) is 0.158. The van der Waals surface area contributed by atoms with Gasteiger partial charge in [-0.2, -0.15) is 0 Å². The third-order valence-electron chi connectivity index (χ3n) is 3.78. The number of pyridine rings is 1. The number of aromatic hydroxyl groups is 1. The summed E-state index contributed by atoms with van der Waals surface area (Å²) in [6, 6.07) is 16.3. The number of ketones is 1. The van der Waals surface area contributed by atoms with Crippen LogP contribution in [-0.4, -0.2) is 34.4 Å². The van der Waals surface area contributed by atoms with Crippen LogP contribution < -0.4 is 0 Å². The fourth-order valence-corrected chi connectivity index (χ4v) is 2.62. The Morgan fingerprint density at radius 2 is 1.83 bits per heavy atom. The zero-order valence-corrected chi connectivity index (χ0v) is 12.9. The monoisotopic (exact) mass is 306 g/mol. The number of carbonyl (C=O) groups is 1. The number of likely N-dealkylation sites (N-methyl/N-ethyl adjacent to an activating group) is 1. The minimum atomic E-state index is 0.0332. The van der Waals surface area contributed by atoms with Crippen LogP contribution in [-0.2, 0) is 6.54 Å². The molecule has 1 aromatic heterocycles. The number of phenols is 1. The van der Waals surface area contributed by atoms with Crippen molar-refractivity contribution in [2.45, 2.75) is 6.54 Å². The molecule has 3 rings (SSSR count). The number of rotatable bonds is 5. The molecule has 0 bridgehead atoms. The van der Waals surface area contributed by atoms with Crippen molar-refractivity contribution in [1.29, 1.82) is 0 Å². The molecule has 3 aromatic rings. The number of phenolic OH excluding ortho intramolecular Hbond substituents is 1. The predicted molar refractivity (Wildman–Crippen MR) is 90.5 cm³/mol. The number of nitrogens with zero attached hydrogens (tertiary/aromatic N) is 2. The van der Waals surface area contributed by atoms with E-state index in [-0.39, 0.29) is 11.5 Å². The summed E-state index contributed by atoms with van der Waals surface area (Å²) < 4.78 is 0. The molecule has 0 saturated carbocycles. The molecule has 1 N–H and O–H groups in total. The Morgan fingerprint density at radius 1 is 1.09 bits per heavy atom. The maximum atomic E-state index is 12.3. The zero-order chi connectivity index (χ0) is 16.2. The largest absolute Gasteiger partial charge is 0.508 e. The molecule has 116 valence electrons. The van der Waals surface area contributed by atoms with Crippen LogP contribution in [0.5, 0.6) is 5.75 Å². The number of para-hydroxylation sites is 1. The second kappa shape index (κ2) is 6.58. The highest BCUT2D eigenvalue weighted by atomic mass is 16.3. The number of fused-ring (bicyclic) bond motifs is 1. The van der Waals surface area contributed by atoms with Gasteiger partial charge in [-0.3, -0.25) is 14.7 Å². The van der Waals surface area contributed by atoms with Gasteiger partial charge in [0.15, 0.2) is 5.78 Å². The summed E-state index contributed by atoms with van der Waals surface area (Å²) in [5.41, 5.74) is 2.72. The molecular formula is C19H18N2O2. The molecule has 0 aliphatic carbocycles. The Morgan fingerprint density at radius 3 is 2.61 bits per heavy atom. The summed E-state index contributed by atoms with van der Waals surface area (Å²) >= 11 is 0. The van der Waals surface area contributed by atoms with Gasteiger partial charge in [-0.25, -0.2) is 0 Å².